The van der Waals surface area contributed by atoms with Gasteiger partial charge in [-0.3, -0.25) is 9.52 Å². The second-order valence-corrected chi connectivity index (χ2v) is 5.68. The zero-order valence-corrected chi connectivity index (χ0v) is 11.0. The fourth-order valence-electron chi connectivity index (χ4n) is 1.47. The maximum Gasteiger partial charge on any atom is 0.304 e. The fourth-order valence-corrected chi connectivity index (χ4v) is 2.52. The third kappa shape index (κ3) is 3.51. The van der Waals surface area contributed by atoms with Crippen LogP contribution in [0.25, 0.3) is 5.69 Å². The number of rotatable bonds is 6. The molecule has 0 bridgehead atoms. The highest BCUT2D eigenvalue weighted by Crippen LogP contribution is 2.19. The van der Waals surface area contributed by atoms with Gasteiger partial charge in [-0.1, -0.05) is 12.1 Å². The number of carbonyl (C=O) groups is 1. The summed E-state index contributed by atoms with van der Waals surface area (Å²) in [6.07, 6.45) is 0.854. The Bertz CT molecular complexity index is 698. The first-order chi connectivity index (χ1) is 9.48. The Kier molecular flexibility index (Phi) is 3.94. The SMILES string of the molecule is O=C(O)CCS(=O)(=O)Nc1ccccc1-n1cnnn1. The first kappa shape index (κ1) is 13.9. The topological polar surface area (TPSA) is 127 Å². The van der Waals surface area contributed by atoms with E-state index in [-0.39, 0.29) is 5.69 Å². The predicted molar refractivity (Wildman–Crippen MR) is 68.8 cm³/mol. The normalized spacial score (nSPS) is 11.2. The number of carboxylic acids is 1. The van der Waals surface area contributed by atoms with E-state index in [4.69, 9.17) is 5.11 Å². The number of para-hydroxylation sites is 2. The smallest absolute Gasteiger partial charge is 0.304 e. The van der Waals surface area contributed by atoms with Gasteiger partial charge in [0.1, 0.15) is 6.33 Å². The van der Waals surface area contributed by atoms with E-state index >= 15 is 0 Å². The first-order valence-corrected chi connectivity index (χ1v) is 7.18. The summed E-state index contributed by atoms with van der Waals surface area (Å²) < 4.78 is 27.2. The summed E-state index contributed by atoms with van der Waals surface area (Å²) in [5.41, 5.74) is 0.710. The van der Waals surface area contributed by atoms with Crippen LogP contribution < -0.4 is 4.72 Å². The highest BCUT2D eigenvalue weighted by Gasteiger charge is 2.15. The molecule has 1 aromatic heterocycles. The summed E-state index contributed by atoms with van der Waals surface area (Å²) in [5, 5.41) is 19.1. The molecular weight excluding hydrogens is 286 g/mol. The highest BCUT2D eigenvalue weighted by atomic mass is 32.2. The van der Waals surface area contributed by atoms with Gasteiger partial charge in [0.05, 0.1) is 23.5 Å². The second kappa shape index (κ2) is 5.65. The molecule has 106 valence electrons. The number of nitrogens with one attached hydrogen (secondary N) is 1. The van der Waals surface area contributed by atoms with E-state index < -0.39 is 28.2 Å². The minimum absolute atomic E-state index is 0.269. The standard InChI is InChI=1S/C10H11N5O4S/c16-10(17)5-6-20(18,19)12-8-3-1-2-4-9(8)15-7-11-13-14-15/h1-4,7,12H,5-6H2,(H,16,17). The van der Waals surface area contributed by atoms with Crippen LogP contribution in [0.1, 0.15) is 6.42 Å². The van der Waals surface area contributed by atoms with Crippen molar-refractivity contribution >= 4 is 21.7 Å². The number of carboxylic acid groups (broad SMARTS) is 1. The van der Waals surface area contributed by atoms with Gasteiger partial charge in [0, 0.05) is 0 Å². The summed E-state index contributed by atoms with van der Waals surface area (Å²) in [7, 11) is -3.76. The first-order valence-electron chi connectivity index (χ1n) is 5.52. The van der Waals surface area contributed by atoms with Crippen molar-refractivity contribution in [1.82, 2.24) is 20.2 Å². The lowest BCUT2D eigenvalue weighted by Gasteiger charge is -2.11. The lowest BCUT2D eigenvalue weighted by molar-refractivity contribution is -0.136. The number of hydrogen-bond donors (Lipinski definition) is 2. The summed E-state index contributed by atoms with van der Waals surface area (Å²) in [6, 6.07) is 6.51. The van der Waals surface area contributed by atoms with Gasteiger partial charge in [-0.2, -0.15) is 4.68 Å². The largest absolute Gasteiger partial charge is 0.481 e. The number of aromatic nitrogens is 4. The van der Waals surface area contributed by atoms with E-state index in [9.17, 15) is 13.2 Å². The number of benzene rings is 1. The molecule has 10 heteroatoms. The van der Waals surface area contributed by atoms with Crippen molar-refractivity contribution < 1.29 is 18.3 Å². The van der Waals surface area contributed by atoms with Gasteiger partial charge in [-0.25, -0.2) is 8.42 Å². The van der Waals surface area contributed by atoms with Crippen molar-refractivity contribution in [2.24, 2.45) is 0 Å². The molecule has 0 aliphatic carbocycles. The minimum atomic E-state index is -3.76. The molecule has 2 rings (SSSR count). The Labute approximate surface area is 114 Å². The number of tetrazole rings is 1. The van der Waals surface area contributed by atoms with Crippen LogP contribution in [-0.2, 0) is 14.8 Å². The summed E-state index contributed by atoms with van der Waals surface area (Å²) in [4.78, 5) is 10.4. The second-order valence-electron chi connectivity index (χ2n) is 3.84. The van der Waals surface area contributed by atoms with Crippen LogP contribution in [0.4, 0.5) is 5.69 Å². The van der Waals surface area contributed by atoms with E-state index in [0.717, 1.165) is 0 Å². The summed E-state index contributed by atoms with van der Waals surface area (Å²) in [6.45, 7) is 0. The van der Waals surface area contributed by atoms with Crippen molar-refractivity contribution in [3.63, 3.8) is 0 Å². The molecule has 0 atom stereocenters. The molecule has 0 aliphatic rings. The fraction of sp³-hybridized carbons (Fsp3) is 0.200. The Balaban J connectivity index is 2.24. The molecule has 2 N–H and O–H groups in total. The van der Waals surface area contributed by atoms with Gasteiger partial charge in [0.2, 0.25) is 10.0 Å². The Morgan fingerprint density at radius 2 is 2.10 bits per heavy atom. The van der Waals surface area contributed by atoms with Gasteiger partial charge in [0.25, 0.3) is 0 Å². The number of nitrogens with zero attached hydrogens (tertiary/aromatic N) is 4. The zero-order chi connectivity index (χ0) is 14.6. The molecule has 20 heavy (non-hydrogen) atoms. The van der Waals surface area contributed by atoms with E-state index in [0.29, 0.717) is 5.69 Å². The molecule has 0 amide bonds. The lowest BCUT2D eigenvalue weighted by Crippen LogP contribution is -2.20. The van der Waals surface area contributed by atoms with Crippen LogP contribution in [0.5, 0.6) is 0 Å². The molecule has 9 nitrogen and oxygen atoms in total. The molecular formula is C10H11N5O4S. The van der Waals surface area contributed by atoms with Crippen molar-refractivity contribution in [3.05, 3.63) is 30.6 Å². The van der Waals surface area contributed by atoms with Gasteiger partial charge in [-0.15, -0.1) is 5.10 Å². The molecule has 1 aromatic carbocycles. The van der Waals surface area contributed by atoms with E-state index in [2.05, 4.69) is 20.2 Å². The Hall–Kier alpha value is -2.49. The van der Waals surface area contributed by atoms with Gasteiger partial charge < -0.3 is 5.11 Å². The maximum absolute atomic E-state index is 11.8. The molecule has 0 aliphatic heterocycles. The average Bonchev–Trinajstić information content (AvgIpc) is 2.90. The average molecular weight is 297 g/mol. The molecule has 0 fully saturated rings. The van der Waals surface area contributed by atoms with Gasteiger partial charge in [-0.05, 0) is 22.6 Å². The van der Waals surface area contributed by atoms with Crippen LogP contribution in [0.3, 0.4) is 0 Å². The predicted octanol–water partition coefficient (Wildman–Crippen LogP) is -0.121. The van der Waals surface area contributed by atoms with Gasteiger partial charge in [0.15, 0.2) is 0 Å². The number of anilines is 1. The van der Waals surface area contributed by atoms with Crippen LogP contribution in [0.15, 0.2) is 30.6 Å². The molecule has 0 unspecified atom stereocenters. The number of aliphatic carboxylic acids is 1. The Morgan fingerprint density at radius 1 is 1.35 bits per heavy atom. The molecule has 0 saturated carbocycles. The summed E-state index contributed by atoms with van der Waals surface area (Å²) >= 11 is 0. The highest BCUT2D eigenvalue weighted by molar-refractivity contribution is 7.92. The van der Waals surface area contributed by atoms with E-state index in [1.165, 1.54) is 17.1 Å². The van der Waals surface area contributed by atoms with Crippen LogP contribution in [0.2, 0.25) is 0 Å². The van der Waals surface area contributed by atoms with Crippen LogP contribution >= 0.6 is 0 Å². The van der Waals surface area contributed by atoms with Crippen molar-refractivity contribution in [1.29, 1.82) is 0 Å². The maximum atomic E-state index is 11.8. The monoisotopic (exact) mass is 297 g/mol. The number of hydrogen-bond acceptors (Lipinski definition) is 6. The molecule has 1 heterocycles. The third-order valence-corrected chi connectivity index (χ3v) is 3.62. The Morgan fingerprint density at radius 3 is 2.75 bits per heavy atom. The van der Waals surface area contributed by atoms with Crippen molar-refractivity contribution in [2.75, 3.05) is 10.5 Å². The van der Waals surface area contributed by atoms with Crippen LogP contribution in [0, 0.1) is 0 Å². The molecule has 0 saturated heterocycles. The molecule has 0 spiro atoms. The van der Waals surface area contributed by atoms with Gasteiger partial charge >= 0.3 is 5.97 Å². The van der Waals surface area contributed by atoms with Crippen LogP contribution in [-0.4, -0.2) is 45.5 Å². The van der Waals surface area contributed by atoms with E-state index in [1.807, 2.05) is 0 Å². The quantitative estimate of drug-likeness (QED) is 0.760. The molecule has 2 aromatic rings. The number of sulfonamides is 1. The van der Waals surface area contributed by atoms with Crippen molar-refractivity contribution in [3.8, 4) is 5.69 Å². The third-order valence-electron chi connectivity index (χ3n) is 2.35. The lowest BCUT2D eigenvalue weighted by atomic mass is 10.3. The zero-order valence-electron chi connectivity index (χ0n) is 10.2. The van der Waals surface area contributed by atoms with Crippen molar-refractivity contribution in [2.45, 2.75) is 6.42 Å². The minimum Gasteiger partial charge on any atom is -0.481 e. The summed E-state index contributed by atoms with van der Waals surface area (Å²) in [5.74, 6) is -1.68. The van der Waals surface area contributed by atoms with E-state index in [1.54, 1.807) is 18.2 Å². The molecule has 0 radical (unpaired) electrons.